The second-order valence-corrected chi connectivity index (χ2v) is 4.40. The Balaban J connectivity index is 0.00000220. The molecule has 0 aliphatic rings. The van der Waals surface area contributed by atoms with E-state index >= 15 is 0 Å². The van der Waals surface area contributed by atoms with Crippen LogP contribution in [0.3, 0.4) is 0 Å². The fourth-order valence-electron chi connectivity index (χ4n) is 1.79. The number of para-hydroxylation sites is 2. The van der Waals surface area contributed by atoms with Crippen LogP contribution in [0.5, 0.6) is 11.5 Å². The van der Waals surface area contributed by atoms with Crippen molar-refractivity contribution in [2.45, 2.75) is 6.54 Å². The third kappa shape index (κ3) is 5.60. The van der Waals surface area contributed by atoms with E-state index in [1.807, 2.05) is 24.3 Å². The van der Waals surface area contributed by atoms with E-state index in [4.69, 9.17) is 0 Å². The van der Waals surface area contributed by atoms with E-state index in [1.54, 1.807) is 30.5 Å². The Labute approximate surface area is 135 Å². The molecule has 0 unspecified atom stereocenters. The van der Waals surface area contributed by atoms with E-state index in [2.05, 4.69) is 10.3 Å². The number of nitrogens with one attached hydrogen (secondary N) is 1. The molecule has 112 valence electrons. The van der Waals surface area contributed by atoms with Crippen molar-refractivity contribution in [3.63, 3.8) is 0 Å². The summed E-state index contributed by atoms with van der Waals surface area (Å²) in [6.07, 6.45) is 1.66. The fourth-order valence-corrected chi connectivity index (χ4v) is 1.79. The standard InChI is InChI=1S/C16H18N2O2.Fe/c19-15-7-3-1-5-13(15)11-17-9-10-18-12-14-6-2-4-8-16(14)20;/h1-8,11,18-20H,9-10,12H2;. The van der Waals surface area contributed by atoms with Crippen molar-refractivity contribution in [2.75, 3.05) is 13.1 Å². The normalized spacial score (nSPS) is 10.5. The molecule has 3 N–H and O–H groups in total. The Hall–Kier alpha value is -1.81. The van der Waals surface area contributed by atoms with Gasteiger partial charge in [-0.2, -0.15) is 0 Å². The number of phenols is 2. The zero-order valence-electron chi connectivity index (χ0n) is 11.5. The molecule has 2 rings (SSSR count). The first-order chi connectivity index (χ1) is 9.77. The van der Waals surface area contributed by atoms with Crippen LogP contribution in [-0.2, 0) is 23.6 Å². The molecule has 0 radical (unpaired) electrons. The van der Waals surface area contributed by atoms with Gasteiger partial charge in [0.15, 0.2) is 0 Å². The van der Waals surface area contributed by atoms with Crippen LogP contribution in [0.25, 0.3) is 0 Å². The Morgan fingerprint density at radius 3 is 2.33 bits per heavy atom. The Morgan fingerprint density at radius 1 is 0.952 bits per heavy atom. The van der Waals surface area contributed by atoms with Gasteiger partial charge in [-0.05, 0) is 18.2 Å². The molecule has 0 saturated heterocycles. The van der Waals surface area contributed by atoms with Crippen molar-refractivity contribution in [2.24, 2.45) is 4.99 Å². The Morgan fingerprint density at radius 2 is 1.62 bits per heavy atom. The van der Waals surface area contributed by atoms with E-state index < -0.39 is 0 Å². The number of phenolic OH excluding ortho intramolecular Hbond substituents is 2. The van der Waals surface area contributed by atoms with Gasteiger partial charge in [0, 0.05) is 47.5 Å². The molecule has 21 heavy (non-hydrogen) atoms. The summed E-state index contributed by atoms with van der Waals surface area (Å²) in [5.41, 5.74) is 1.59. The van der Waals surface area contributed by atoms with Crippen molar-refractivity contribution in [3.05, 3.63) is 59.7 Å². The van der Waals surface area contributed by atoms with Crippen LogP contribution < -0.4 is 5.32 Å². The molecule has 0 aromatic heterocycles. The minimum absolute atomic E-state index is 0. The summed E-state index contributed by atoms with van der Waals surface area (Å²) in [5, 5.41) is 22.4. The average Bonchev–Trinajstić information content (AvgIpc) is 2.46. The molecule has 4 nitrogen and oxygen atoms in total. The summed E-state index contributed by atoms with van der Waals surface area (Å²) in [5.74, 6) is 0.538. The van der Waals surface area contributed by atoms with Gasteiger partial charge < -0.3 is 15.5 Å². The minimum atomic E-state index is 0. The van der Waals surface area contributed by atoms with Crippen molar-refractivity contribution < 1.29 is 27.3 Å². The molecule has 0 amide bonds. The second-order valence-electron chi connectivity index (χ2n) is 4.40. The Bertz CT molecular complexity index is 588. The molecule has 0 bridgehead atoms. The quantitative estimate of drug-likeness (QED) is 0.434. The number of hydrogen-bond acceptors (Lipinski definition) is 4. The van der Waals surface area contributed by atoms with Crippen LogP contribution >= 0.6 is 0 Å². The number of rotatable bonds is 6. The smallest absolute Gasteiger partial charge is 0.124 e. The molecule has 2 aromatic rings. The zero-order chi connectivity index (χ0) is 14.2. The second kappa shape index (κ2) is 9.19. The van der Waals surface area contributed by atoms with Crippen molar-refractivity contribution in [1.29, 1.82) is 0 Å². The van der Waals surface area contributed by atoms with Crippen molar-refractivity contribution >= 4 is 6.21 Å². The van der Waals surface area contributed by atoms with Gasteiger partial charge in [-0.25, -0.2) is 0 Å². The van der Waals surface area contributed by atoms with Gasteiger partial charge >= 0.3 is 0 Å². The average molecular weight is 326 g/mol. The number of nitrogens with zero attached hydrogens (tertiary/aromatic N) is 1. The maximum absolute atomic E-state index is 9.60. The van der Waals surface area contributed by atoms with E-state index in [9.17, 15) is 10.2 Å². The molecule has 0 atom stereocenters. The van der Waals surface area contributed by atoms with E-state index in [0.29, 0.717) is 30.9 Å². The summed E-state index contributed by atoms with van der Waals surface area (Å²) < 4.78 is 0. The van der Waals surface area contributed by atoms with Gasteiger partial charge in [-0.15, -0.1) is 0 Å². The summed E-state index contributed by atoms with van der Waals surface area (Å²) >= 11 is 0. The molecular formula is C16H18FeN2O2. The third-order valence-electron chi connectivity index (χ3n) is 2.89. The van der Waals surface area contributed by atoms with Gasteiger partial charge in [0.25, 0.3) is 0 Å². The molecule has 0 saturated carbocycles. The van der Waals surface area contributed by atoms with Crippen molar-refractivity contribution in [3.8, 4) is 11.5 Å². The minimum Gasteiger partial charge on any atom is -0.508 e. The van der Waals surface area contributed by atoms with Crippen LogP contribution in [-0.4, -0.2) is 29.5 Å². The van der Waals surface area contributed by atoms with Gasteiger partial charge in [0.1, 0.15) is 11.5 Å². The zero-order valence-corrected chi connectivity index (χ0v) is 12.6. The first kappa shape index (κ1) is 17.2. The van der Waals surface area contributed by atoms with Crippen molar-refractivity contribution in [1.82, 2.24) is 5.32 Å². The van der Waals surface area contributed by atoms with Crippen LogP contribution in [0.1, 0.15) is 11.1 Å². The van der Waals surface area contributed by atoms with Crippen LogP contribution in [0.4, 0.5) is 0 Å². The molecule has 5 heteroatoms. The number of aromatic hydroxyl groups is 2. The van der Waals surface area contributed by atoms with Gasteiger partial charge in [-0.3, -0.25) is 4.99 Å². The van der Waals surface area contributed by atoms with E-state index in [1.165, 1.54) is 0 Å². The molecule has 0 fully saturated rings. The first-order valence-corrected chi connectivity index (χ1v) is 6.53. The monoisotopic (exact) mass is 326 g/mol. The number of aliphatic imine (C=N–C) groups is 1. The van der Waals surface area contributed by atoms with Gasteiger partial charge in [-0.1, -0.05) is 30.3 Å². The molecule has 0 aliphatic heterocycles. The predicted octanol–water partition coefficient (Wildman–Crippen LogP) is 2.30. The van der Waals surface area contributed by atoms with E-state index in [0.717, 1.165) is 5.56 Å². The summed E-state index contributed by atoms with van der Waals surface area (Å²) in [6.45, 7) is 1.93. The maximum atomic E-state index is 9.60. The molecule has 0 aliphatic carbocycles. The van der Waals surface area contributed by atoms with E-state index in [-0.39, 0.29) is 22.8 Å². The topological polar surface area (TPSA) is 64.9 Å². The van der Waals surface area contributed by atoms with Crippen LogP contribution in [0, 0.1) is 0 Å². The molecule has 2 aromatic carbocycles. The first-order valence-electron chi connectivity index (χ1n) is 6.53. The van der Waals surface area contributed by atoms with Gasteiger partial charge in [0.2, 0.25) is 0 Å². The largest absolute Gasteiger partial charge is 0.508 e. The van der Waals surface area contributed by atoms with Crippen LogP contribution in [0.15, 0.2) is 53.5 Å². The Kier molecular flexibility index (Phi) is 7.54. The number of hydrogen-bond donors (Lipinski definition) is 3. The molecular weight excluding hydrogens is 308 g/mol. The summed E-state index contributed by atoms with van der Waals surface area (Å²) in [6, 6.07) is 14.3. The third-order valence-corrected chi connectivity index (χ3v) is 2.89. The summed E-state index contributed by atoms with van der Waals surface area (Å²) in [7, 11) is 0. The SMILES string of the molecule is Oc1ccccc1C=NCCNCc1ccccc1O.[Fe]. The van der Waals surface area contributed by atoms with Gasteiger partial charge in [0.05, 0.1) is 6.54 Å². The summed E-state index contributed by atoms with van der Waals surface area (Å²) in [4.78, 5) is 4.25. The molecule has 0 spiro atoms. The predicted molar refractivity (Wildman–Crippen MR) is 80.4 cm³/mol. The fraction of sp³-hybridized carbons (Fsp3) is 0.188. The molecule has 0 heterocycles. The number of benzene rings is 2. The van der Waals surface area contributed by atoms with Crippen LogP contribution in [0.2, 0.25) is 0 Å². The maximum Gasteiger partial charge on any atom is 0.124 e.